The van der Waals surface area contributed by atoms with Crippen LogP contribution in [0.3, 0.4) is 0 Å². The molecule has 2 aromatic rings. The van der Waals surface area contributed by atoms with Gasteiger partial charge >= 0.3 is 0 Å². The third-order valence-corrected chi connectivity index (χ3v) is 10.1. The minimum atomic E-state index is -1.85. The minimum absolute atomic E-state index is 0.0282. The van der Waals surface area contributed by atoms with Crippen LogP contribution in [0.1, 0.15) is 31.9 Å². The molecule has 0 saturated carbocycles. The second-order valence-corrected chi connectivity index (χ2v) is 13.6. The smallest absolute Gasteiger partial charge is 0.192 e. The number of aliphatic hydroxyl groups excluding tert-OH is 1. The molecule has 27 heavy (non-hydrogen) atoms. The second-order valence-electron chi connectivity index (χ2n) is 8.78. The highest BCUT2D eigenvalue weighted by Gasteiger charge is 2.38. The molecule has 4 heteroatoms. The number of aliphatic hydroxyl groups is 1. The Balaban J connectivity index is 2.16. The summed E-state index contributed by atoms with van der Waals surface area (Å²) in [5.41, 5.74) is 2.50. The van der Waals surface area contributed by atoms with Gasteiger partial charge in [0.25, 0.3) is 0 Å². The van der Waals surface area contributed by atoms with Crippen molar-refractivity contribution >= 4 is 8.32 Å². The lowest BCUT2D eigenvalue weighted by molar-refractivity contribution is 0.0667. The van der Waals surface area contributed by atoms with E-state index >= 15 is 0 Å². The van der Waals surface area contributed by atoms with Crippen LogP contribution in [0.4, 0.5) is 0 Å². The molecule has 3 nitrogen and oxygen atoms in total. The van der Waals surface area contributed by atoms with Crippen molar-refractivity contribution in [1.82, 2.24) is 4.90 Å². The first-order chi connectivity index (χ1) is 12.7. The average Bonchev–Trinajstić information content (AvgIpc) is 2.63. The quantitative estimate of drug-likeness (QED) is 0.612. The molecule has 0 aliphatic carbocycles. The van der Waals surface area contributed by atoms with Gasteiger partial charge in [-0.1, -0.05) is 81.4 Å². The third-order valence-electron chi connectivity index (χ3n) is 5.63. The molecule has 0 spiro atoms. The Morgan fingerprint density at radius 1 is 0.889 bits per heavy atom. The molecule has 0 aliphatic heterocycles. The van der Waals surface area contributed by atoms with Crippen molar-refractivity contribution < 1.29 is 9.53 Å². The van der Waals surface area contributed by atoms with Gasteiger partial charge in [0.1, 0.15) is 0 Å². The van der Waals surface area contributed by atoms with Crippen LogP contribution in [0.25, 0.3) is 0 Å². The Morgan fingerprint density at radius 3 is 1.70 bits per heavy atom. The molecule has 0 bridgehead atoms. The number of benzene rings is 2. The Bertz CT molecular complexity index is 626. The summed E-state index contributed by atoms with van der Waals surface area (Å²) in [6.45, 7) is 13.5. The van der Waals surface area contributed by atoms with Gasteiger partial charge in [-0.2, -0.15) is 0 Å². The zero-order valence-corrected chi connectivity index (χ0v) is 18.5. The second kappa shape index (κ2) is 9.65. The van der Waals surface area contributed by atoms with E-state index in [1.54, 1.807) is 0 Å². The van der Waals surface area contributed by atoms with E-state index in [4.69, 9.17) is 4.43 Å². The van der Waals surface area contributed by atoms with Crippen molar-refractivity contribution in [3.8, 4) is 0 Å². The molecule has 0 heterocycles. The summed E-state index contributed by atoms with van der Waals surface area (Å²) in [5, 5.41) is 10.3. The molecule has 0 unspecified atom stereocenters. The van der Waals surface area contributed by atoms with Crippen LogP contribution in [0, 0.1) is 0 Å². The van der Waals surface area contributed by atoms with E-state index in [2.05, 4.69) is 87.3 Å². The van der Waals surface area contributed by atoms with Crippen LogP contribution in [-0.2, 0) is 17.5 Å². The first-order valence-electron chi connectivity index (χ1n) is 9.79. The highest BCUT2D eigenvalue weighted by atomic mass is 28.4. The number of hydrogen-bond donors (Lipinski definition) is 1. The van der Waals surface area contributed by atoms with Crippen molar-refractivity contribution in [2.75, 3.05) is 13.2 Å². The van der Waals surface area contributed by atoms with Gasteiger partial charge in [-0.15, -0.1) is 0 Å². The van der Waals surface area contributed by atoms with Gasteiger partial charge in [0.15, 0.2) is 8.32 Å². The lowest BCUT2D eigenvalue weighted by Gasteiger charge is -2.39. The summed E-state index contributed by atoms with van der Waals surface area (Å²) in [5.74, 6) is 0. The summed E-state index contributed by atoms with van der Waals surface area (Å²) in [7, 11) is -1.85. The van der Waals surface area contributed by atoms with Gasteiger partial charge in [-0.25, -0.2) is 0 Å². The van der Waals surface area contributed by atoms with Gasteiger partial charge in [0, 0.05) is 13.1 Å². The summed E-state index contributed by atoms with van der Waals surface area (Å²) >= 11 is 0. The number of hydrogen-bond acceptors (Lipinski definition) is 3. The first kappa shape index (κ1) is 21.8. The fourth-order valence-corrected chi connectivity index (χ4v) is 3.79. The maximum Gasteiger partial charge on any atom is 0.192 e. The van der Waals surface area contributed by atoms with Crippen LogP contribution in [0.2, 0.25) is 18.1 Å². The van der Waals surface area contributed by atoms with E-state index in [0.29, 0.717) is 6.61 Å². The fraction of sp³-hybridized carbons (Fsp3) is 0.478. The zero-order valence-electron chi connectivity index (χ0n) is 17.5. The SMILES string of the molecule is CC(C)(C)[Si](C)(C)OC[C@@H](CO)N(Cc1ccccc1)Cc1ccccc1. The molecule has 2 rings (SSSR count). The molecular weight excluding hydrogens is 350 g/mol. The molecule has 0 saturated heterocycles. The van der Waals surface area contributed by atoms with Crippen molar-refractivity contribution in [3.05, 3.63) is 71.8 Å². The van der Waals surface area contributed by atoms with Gasteiger partial charge in [-0.05, 0) is 29.3 Å². The molecular formula is C23H35NO2Si. The Labute approximate surface area is 166 Å². The lowest BCUT2D eigenvalue weighted by Crippen LogP contribution is -2.47. The third kappa shape index (κ3) is 6.57. The van der Waals surface area contributed by atoms with Gasteiger partial charge in [0.05, 0.1) is 19.3 Å². The largest absolute Gasteiger partial charge is 0.415 e. The molecule has 0 aromatic heterocycles. The highest BCUT2D eigenvalue weighted by molar-refractivity contribution is 6.74. The van der Waals surface area contributed by atoms with E-state index in [1.807, 2.05) is 12.1 Å². The molecule has 0 radical (unpaired) electrons. The van der Waals surface area contributed by atoms with E-state index in [9.17, 15) is 5.11 Å². The van der Waals surface area contributed by atoms with Crippen molar-refractivity contribution in [2.24, 2.45) is 0 Å². The Hall–Kier alpha value is -1.46. The number of nitrogens with zero attached hydrogens (tertiary/aromatic N) is 1. The van der Waals surface area contributed by atoms with Gasteiger partial charge in [0.2, 0.25) is 0 Å². The normalized spacial score (nSPS) is 13.7. The fourth-order valence-electron chi connectivity index (χ4n) is 2.74. The average molecular weight is 386 g/mol. The van der Waals surface area contributed by atoms with E-state index in [-0.39, 0.29) is 17.7 Å². The number of rotatable bonds is 9. The Morgan fingerprint density at radius 2 is 1.33 bits per heavy atom. The van der Waals surface area contributed by atoms with E-state index in [1.165, 1.54) is 11.1 Å². The van der Waals surface area contributed by atoms with Crippen molar-refractivity contribution in [2.45, 2.75) is 58.0 Å². The molecule has 148 valence electrons. The first-order valence-corrected chi connectivity index (χ1v) is 12.7. The molecule has 1 atom stereocenters. The van der Waals surface area contributed by atoms with Crippen LogP contribution in [-0.4, -0.2) is 37.6 Å². The molecule has 2 aromatic carbocycles. The molecule has 0 aliphatic rings. The topological polar surface area (TPSA) is 32.7 Å². The summed E-state index contributed by atoms with van der Waals surface area (Å²) < 4.78 is 6.44. The van der Waals surface area contributed by atoms with Crippen LogP contribution in [0.5, 0.6) is 0 Å². The molecule has 0 amide bonds. The van der Waals surface area contributed by atoms with E-state index < -0.39 is 8.32 Å². The van der Waals surface area contributed by atoms with Gasteiger partial charge < -0.3 is 9.53 Å². The molecule has 0 fully saturated rings. The van der Waals surface area contributed by atoms with Crippen molar-refractivity contribution in [1.29, 1.82) is 0 Å². The molecule has 1 N–H and O–H groups in total. The van der Waals surface area contributed by atoms with Crippen LogP contribution in [0.15, 0.2) is 60.7 Å². The monoisotopic (exact) mass is 385 g/mol. The maximum absolute atomic E-state index is 10.1. The van der Waals surface area contributed by atoms with Crippen LogP contribution >= 0.6 is 0 Å². The van der Waals surface area contributed by atoms with Crippen molar-refractivity contribution in [3.63, 3.8) is 0 Å². The summed E-state index contributed by atoms with van der Waals surface area (Å²) in [6.07, 6.45) is 0. The van der Waals surface area contributed by atoms with Crippen LogP contribution < -0.4 is 0 Å². The Kier molecular flexibility index (Phi) is 7.80. The van der Waals surface area contributed by atoms with Gasteiger partial charge in [-0.3, -0.25) is 4.90 Å². The lowest BCUT2D eigenvalue weighted by atomic mass is 10.1. The summed E-state index contributed by atoms with van der Waals surface area (Å²) in [6, 6.07) is 20.9. The van der Waals surface area contributed by atoms with E-state index in [0.717, 1.165) is 13.1 Å². The summed E-state index contributed by atoms with van der Waals surface area (Å²) in [4.78, 5) is 2.33. The highest BCUT2D eigenvalue weighted by Crippen LogP contribution is 2.36. The predicted octanol–water partition coefficient (Wildman–Crippen LogP) is 5.07. The minimum Gasteiger partial charge on any atom is -0.415 e. The standard InChI is InChI=1S/C23H35NO2Si/c1-23(2,3)27(4,5)26-19-22(18-25)24(16-20-12-8-6-9-13-20)17-21-14-10-7-11-15-21/h6-15,22,25H,16-19H2,1-5H3/t22-/m1/s1. The predicted molar refractivity (Wildman–Crippen MR) is 116 cm³/mol. The zero-order chi connectivity index (χ0) is 19.9. The maximum atomic E-state index is 10.1.